The average molecular weight is 602 g/mol. The van der Waals surface area contributed by atoms with Crippen molar-refractivity contribution >= 4 is 21.8 Å². The van der Waals surface area contributed by atoms with Crippen molar-refractivity contribution in [1.82, 2.24) is 10.2 Å². The van der Waals surface area contributed by atoms with Gasteiger partial charge >= 0.3 is 6.36 Å². The molecule has 42 heavy (non-hydrogen) atoms. The van der Waals surface area contributed by atoms with E-state index in [1.54, 1.807) is 49.5 Å². The van der Waals surface area contributed by atoms with Crippen molar-refractivity contribution in [2.24, 2.45) is 17.0 Å². The fourth-order valence-electron chi connectivity index (χ4n) is 5.03. The maximum absolute atomic E-state index is 13.4. The SMILES string of the molecule is C=C1CC(C(=O)N(C)Cc2ccc(-c3ccccc3S(N)(=O)=O)cc2)[C@H](C(=O)NCc2ccc(OC(F)(F)F)cc2)C1. The van der Waals surface area contributed by atoms with Crippen LogP contribution in [0.15, 0.2) is 89.8 Å². The number of hydrogen-bond acceptors (Lipinski definition) is 5. The molecule has 3 aromatic carbocycles. The summed E-state index contributed by atoms with van der Waals surface area (Å²) in [5.74, 6) is -2.15. The van der Waals surface area contributed by atoms with Crippen molar-refractivity contribution in [3.63, 3.8) is 0 Å². The van der Waals surface area contributed by atoms with E-state index in [0.717, 1.165) is 11.1 Å². The summed E-state index contributed by atoms with van der Waals surface area (Å²) in [5, 5.41) is 8.13. The third kappa shape index (κ3) is 7.77. The van der Waals surface area contributed by atoms with Gasteiger partial charge < -0.3 is 15.0 Å². The predicted octanol–water partition coefficient (Wildman–Crippen LogP) is 4.76. The van der Waals surface area contributed by atoms with Gasteiger partial charge in [-0.05, 0) is 47.7 Å². The smallest absolute Gasteiger partial charge is 0.406 e. The number of nitrogens with two attached hydrogens (primary N) is 1. The Balaban J connectivity index is 1.38. The van der Waals surface area contributed by atoms with Crippen LogP contribution in [0.25, 0.3) is 11.1 Å². The van der Waals surface area contributed by atoms with Crippen molar-refractivity contribution in [2.75, 3.05) is 7.05 Å². The number of carbonyl (C=O) groups excluding carboxylic acids is 2. The number of halogens is 3. The third-order valence-electron chi connectivity index (χ3n) is 7.04. The molecule has 0 spiro atoms. The zero-order valence-corrected chi connectivity index (χ0v) is 23.5. The Hall–Kier alpha value is -4.16. The van der Waals surface area contributed by atoms with Crippen LogP contribution in [0.2, 0.25) is 0 Å². The number of benzene rings is 3. The Bertz CT molecular complexity index is 1570. The van der Waals surface area contributed by atoms with Crippen LogP contribution in [0.4, 0.5) is 13.2 Å². The number of ether oxygens (including phenoxy) is 1. The lowest BCUT2D eigenvalue weighted by molar-refractivity contribution is -0.274. The van der Waals surface area contributed by atoms with E-state index in [4.69, 9.17) is 5.14 Å². The van der Waals surface area contributed by atoms with Gasteiger partial charge in [0.15, 0.2) is 0 Å². The van der Waals surface area contributed by atoms with Crippen LogP contribution in [0.5, 0.6) is 5.75 Å². The Labute approximate surface area is 242 Å². The number of primary sulfonamides is 1. The van der Waals surface area contributed by atoms with Gasteiger partial charge in [0, 0.05) is 25.7 Å². The van der Waals surface area contributed by atoms with E-state index in [1.807, 2.05) is 0 Å². The van der Waals surface area contributed by atoms with Gasteiger partial charge in [-0.25, -0.2) is 13.6 Å². The van der Waals surface area contributed by atoms with Crippen molar-refractivity contribution in [1.29, 1.82) is 0 Å². The van der Waals surface area contributed by atoms with Crippen molar-refractivity contribution in [3.05, 3.63) is 96.1 Å². The second kappa shape index (κ2) is 12.4. The molecule has 0 saturated heterocycles. The molecule has 3 aromatic rings. The number of amides is 2. The van der Waals surface area contributed by atoms with Gasteiger partial charge in [-0.15, -0.1) is 13.2 Å². The Morgan fingerprint density at radius 2 is 1.57 bits per heavy atom. The van der Waals surface area contributed by atoms with E-state index >= 15 is 0 Å². The summed E-state index contributed by atoms with van der Waals surface area (Å²) in [5.41, 5.74) is 3.29. The highest BCUT2D eigenvalue weighted by Gasteiger charge is 2.40. The van der Waals surface area contributed by atoms with E-state index in [2.05, 4.69) is 16.6 Å². The first kappa shape index (κ1) is 30.8. The lowest BCUT2D eigenvalue weighted by atomic mass is 9.93. The molecule has 0 bridgehead atoms. The first-order valence-electron chi connectivity index (χ1n) is 13.0. The number of allylic oxidation sites excluding steroid dienone is 1. The molecule has 0 heterocycles. The van der Waals surface area contributed by atoms with Crippen molar-refractivity contribution in [2.45, 2.75) is 37.2 Å². The summed E-state index contributed by atoms with van der Waals surface area (Å²) in [6, 6.07) is 18.7. The molecule has 1 saturated carbocycles. The van der Waals surface area contributed by atoms with E-state index < -0.39 is 28.2 Å². The quantitative estimate of drug-likeness (QED) is 0.343. The lowest BCUT2D eigenvalue weighted by Gasteiger charge is -2.25. The van der Waals surface area contributed by atoms with E-state index in [9.17, 15) is 31.2 Å². The second-order valence-corrected chi connectivity index (χ2v) is 11.7. The van der Waals surface area contributed by atoms with Gasteiger partial charge in [0.2, 0.25) is 21.8 Å². The third-order valence-corrected chi connectivity index (χ3v) is 8.00. The number of sulfonamides is 1. The Morgan fingerprint density at radius 3 is 2.19 bits per heavy atom. The molecule has 1 unspecified atom stereocenters. The predicted molar refractivity (Wildman–Crippen MR) is 150 cm³/mol. The van der Waals surface area contributed by atoms with E-state index in [1.165, 1.54) is 35.2 Å². The molecular weight excluding hydrogens is 571 g/mol. The van der Waals surface area contributed by atoms with Crippen LogP contribution in [-0.2, 0) is 32.7 Å². The van der Waals surface area contributed by atoms with E-state index in [-0.39, 0.29) is 35.5 Å². The molecule has 1 fully saturated rings. The molecule has 2 atom stereocenters. The molecule has 3 N–H and O–H groups in total. The first-order chi connectivity index (χ1) is 19.7. The van der Waals surface area contributed by atoms with Crippen LogP contribution < -0.4 is 15.2 Å². The Kier molecular flexibility index (Phi) is 9.07. The zero-order chi connectivity index (χ0) is 30.7. The molecule has 8 nitrogen and oxygen atoms in total. The van der Waals surface area contributed by atoms with Gasteiger partial charge in [-0.1, -0.05) is 66.7 Å². The van der Waals surface area contributed by atoms with Gasteiger partial charge in [0.1, 0.15) is 5.75 Å². The first-order valence-corrected chi connectivity index (χ1v) is 14.5. The minimum Gasteiger partial charge on any atom is -0.406 e. The van der Waals surface area contributed by atoms with Gasteiger partial charge in [-0.2, -0.15) is 0 Å². The van der Waals surface area contributed by atoms with Crippen LogP contribution in [0, 0.1) is 11.8 Å². The normalized spacial score (nSPS) is 17.1. The number of alkyl halides is 3. The summed E-state index contributed by atoms with van der Waals surface area (Å²) >= 11 is 0. The summed E-state index contributed by atoms with van der Waals surface area (Å²) in [6.07, 6.45) is -4.07. The topological polar surface area (TPSA) is 119 Å². The van der Waals surface area contributed by atoms with Gasteiger partial charge in [-0.3, -0.25) is 9.59 Å². The van der Waals surface area contributed by atoms with Crippen molar-refractivity contribution in [3.8, 4) is 16.9 Å². The second-order valence-electron chi connectivity index (χ2n) is 10.2. The molecule has 1 aliphatic rings. The zero-order valence-electron chi connectivity index (χ0n) is 22.7. The highest BCUT2D eigenvalue weighted by molar-refractivity contribution is 7.89. The summed E-state index contributed by atoms with van der Waals surface area (Å²) in [7, 11) is -2.27. The fraction of sp³-hybridized carbons (Fsp3) is 0.267. The highest BCUT2D eigenvalue weighted by atomic mass is 32.2. The molecular formula is C30H30F3N3O5S. The minimum absolute atomic E-state index is 0.0170. The Morgan fingerprint density at radius 1 is 0.976 bits per heavy atom. The highest BCUT2D eigenvalue weighted by Crippen LogP contribution is 2.37. The van der Waals surface area contributed by atoms with Crippen LogP contribution in [-0.4, -0.2) is 38.5 Å². The van der Waals surface area contributed by atoms with Gasteiger partial charge in [0.05, 0.1) is 16.7 Å². The molecule has 4 rings (SSSR count). The van der Waals surface area contributed by atoms with Gasteiger partial charge in [0.25, 0.3) is 0 Å². The number of nitrogens with one attached hydrogen (secondary N) is 1. The number of rotatable bonds is 9. The average Bonchev–Trinajstić information content (AvgIpc) is 3.32. The number of nitrogens with zero attached hydrogens (tertiary/aromatic N) is 1. The maximum Gasteiger partial charge on any atom is 0.573 e. The molecule has 0 aliphatic heterocycles. The molecule has 0 radical (unpaired) electrons. The largest absolute Gasteiger partial charge is 0.573 e. The number of carbonyl (C=O) groups is 2. The fourth-order valence-corrected chi connectivity index (χ4v) is 5.79. The molecule has 222 valence electrons. The molecule has 12 heteroatoms. The maximum atomic E-state index is 13.4. The van der Waals surface area contributed by atoms with Crippen molar-refractivity contribution < 1.29 is 35.9 Å². The number of hydrogen-bond donors (Lipinski definition) is 2. The lowest BCUT2D eigenvalue weighted by Crippen LogP contribution is -2.40. The summed E-state index contributed by atoms with van der Waals surface area (Å²) < 4.78 is 64.9. The van der Waals surface area contributed by atoms with Crippen LogP contribution in [0.1, 0.15) is 24.0 Å². The molecule has 0 aromatic heterocycles. The van der Waals surface area contributed by atoms with Crippen LogP contribution >= 0.6 is 0 Å². The standard InChI is InChI=1S/C30H30F3N3O5S/c1-19-15-25(28(37)35-17-20-9-13-23(14-10-20)41-30(31,32)33)26(16-19)29(38)36(2)18-21-7-11-22(12-8-21)24-5-3-4-6-27(24)42(34,39)40/h3-14,25-26H,1,15-18H2,2H3,(H,35,37)(H2,34,39,40)/t25-,26?/m1/s1. The summed E-state index contributed by atoms with van der Waals surface area (Å²) in [4.78, 5) is 28.0. The van der Waals surface area contributed by atoms with E-state index in [0.29, 0.717) is 29.5 Å². The minimum atomic E-state index is -4.79. The van der Waals surface area contributed by atoms with Crippen LogP contribution in [0.3, 0.4) is 0 Å². The monoisotopic (exact) mass is 601 g/mol. The summed E-state index contributed by atoms with van der Waals surface area (Å²) in [6.45, 7) is 4.31. The molecule has 1 aliphatic carbocycles. The molecule has 2 amide bonds.